The Kier molecular flexibility index (Phi) is 6.52. The van der Waals surface area contributed by atoms with E-state index in [1.807, 2.05) is 13.8 Å². The second kappa shape index (κ2) is 7.67. The quantitative estimate of drug-likeness (QED) is 0.688. The largest absolute Gasteiger partial charge is 0.396 e. The number of rotatable bonds is 8. The summed E-state index contributed by atoms with van der Waals surface area (Å²) < 4.78 is 26.9. The molecule has 0 bridgehead atoms. The van der Waals surface area contributed by atoms with E-state index in [1.54, 1.807) is 0 Å². The summed E-state index contributed by atoms with van der Waals surface area (Å²) in [6.07, 6.45) is 0.324. The van der Waals surface area contributed by atoms with E-state index in [4.69, 9.17) is 5.11 Å². The Morgan fingerprint density at radius 1 is 1.25 bits per heavy atom. The highest BCUT2D eigenvalue weighted by molar-refractivity contribution is 5.22. The molecule has 0 aliphatic heterocycles. The molecule has 1 rings (SSSR count). The number of hydrogen-bond donors (Lipinski definition) is 3. The normalized spacial score (nSPS) is 13.5. The van der Waals surface area contributed by atoms with Gasteiger partial charge in [-0.3, -0.25) is 0 Å². The molecule has 0 saturated heterocycles. The minimum absolute atomic E-state index is 0.0454. The summed E-state index contributed by atoms with van der Waals surface area (Å²) >= 11 is 0. The third kappa shape index (κ3) is 5.15. The van der Waals surface area contributed by atoms with Crippen molar-refractivity contribution < 1.29 is 19.0 Å². The zero-order valence-electron chi connectivity index (χ0n) is 12.0. The maximum absolute atomic E-state index is 13.5. The van der Waals surface area contributed by atoms with Gasteiger partial charge in [-0.2, -0.15) is 0 Å². The summed E-state index contributed by atoms with van der Waals surface area (Å²) in [5.41, 5.74) is -0.343. The molecule has 0 radical (unpaired) electrons. The summed E-state index contributed by atoms with van der Waals surface area (Å²) in [4.78, 5) is 0. The molecule has 114 valence electrons. The predicted octanol–water partition coefficient (Wildman–Crippen LogP) is 2.39. The third-order valence-corrected chi connectivity index (χ3v) is 3.29. The Bertz CT molecular complexity index is 404. The number of nitrogens with one attached hydrogen (secondary N) is 1. The van der Waals surface area contributed by atoms with Crippen LogP contribution in [0.1, 0.15) is 38.4 Å². The molecule has 1 atom stereocenters. The van der Waals surface area contributed by atoms with E-state index in [9.17, 15) is 13.9 Å². The zero-order valence-corrected chi connectivity index (χ0v) is 12.0. The van der Waals surface area contributed by atoms with Gasteiger partial charge in [0.05, 0.1) is 11.7 Å². The van der Waals surface area contributed by atoms with E-state index < -0.39 is 17.7 Å². The fourth-order valence-corrected chi connectivity index (χ4v) is 2.12. The van der Waals surface area contributed by atoms with Gasteiger partial charge in [0.2, 0.25) is 0 Å². The van der Waals surface area contributed by atoms with Crippen molar-refractivity contribution in [2.24, 2.45) is 5.41 Å². The molecule has 3 N–H and O–H groups in total. The summed E-state index contributed by atoms with van der Waals surface area (Å²) in [6.45, 7) is 4.89. The van der Waals surface area contributed by atoms with Gasteiger partial charge in [-0.25, -0.2) is 8.78 Å². The van der Waals surface area contributed by atoms with Crippen molar-refractivity contribution in [3.63, 3.8) is 0 Å². The first-order valence-corrected chi connectivity index (χ1v) is 6.81. The fraction of sp³-hybridized carbons (Fsp3) is 0.600. The molecule has 0 saturated carbocycles. The maximum Gasteiger partial charge on any atom is 0.131 e. The summed E-state index contributed by atoms with van der Waals surface area (Å²) in [5, 5.41) is 21.7. The number of benzene rings is 1. The van der Waals surface area contributed by atoms with Gasteiger partial charge in [-0.15, -0.1) is 0 Å². The Morgan fingerprint density at radius 3 is 2.40 bits per heavy atom. The molecule has 5 heteroatoms. The predicted molar refractivity (Wildman–Crippen MR) is 74.3 cm³/mol. The highest BCUT2D eigenvalue weighted by atomic mass is 19.1. The highest BCUT2D eigenvalue weighted by Gasteiger charge is 2.20. The summed E-state index contributed by atoms with van der Waals surface area (Å²) in [5.74, 6) is -1.47. The van der Waals surface area contributed by atoms with E-state index in [1.165, 1.54) is 6.07 Å². The molecule has 0 aliphatic rings. The van der Waals surface area contributed by atoms with Crippen molar-refractivity contribution >= 4 is 0 Å². The fourth-order valence-electron chi connectivity index (χ4n) is 2.12. The molecule has 0 aliphatic carbocycles. The highest BCUT2D eigenvalue weighted by Crippen LogP contribution is 2.22. The third-order valence-electron chi connectivity index (χ3n) is 3.29. The van der Waals surface area contributed by atoms with Gasteiger partial charge in [-0.05, 0) is 30.4 Å². The average molecular weight is 287 g/mol. The van der Waals surface area contributed by atoms with Crippen molar-refractivity contribution in [1.82, 2.24) is 5.32 Å². The zero-order chi connectivity index (χ0) is 15.2. The lowest BCUT2D eigenvalue weighted by Gasteiger charge is -2.25. The van der Waals surface area contributed by atoms with Gasteiger partial charge in [0, 0.05) is 19.7 Å². The Hall–Kier alpha value is -1.04. The topological polar surface area (TPSA) is 52.5 Å². The van der Waals surface area contributed by atoms with Crippen LogP contribution in [0.2, 0.25) is 0 Å². The van der Waals surface area contributed by atoms with E-state index in [0.717, 1.165) is 18.6 Å². The number of halogens is 2. The molecule has 0 amide bonds. The second-order valence-corrected chi connectivity index (χ2v) is 5.77. The lowest BCUT2D eigenvalue weighted by molar-refractivity contribution is 0.156. The second-order valence-electron chi connectivity index (χ2n) is 5.77. The molecule has 3 nitrogen and oxygen atoms in total. The molecule has 20 heavy (non-hydrogen) atoms. The van der Waals surface area contributed by atoms with Crippen LogP contribution in [-0.4, -0.2) is 29.9 Å². The number of aliphatic hydroxyl groups is 2. The van der Waals surface area contributed by atoms with Crippen LogP contribution in [0.4, 0.5) is 8.78 Å². The molecule has 1 unspecified atom stereocenters. The van der Waals surface area contributed by atoms with Gasteiger partial charge < -0.3 is 15.5 Å². The van der Waals surface area contributed by atoms with Crippen LogP contribution in [0.3, 0.4) is 0 Å². The lowest BCUT2D eigenvalue weighted by Crippen LogP contribution is -2.32. The van der Waals surface area contributed by atoms with Crippen molar-refractivity contribution in [3.05, 3.63) is 35.4 Å². The van der Waals surface area contributed by atoms with Crippen LogP contribution in [0, 0.1) is 17.0 Å². The van der Waals surface area contributed by atoms with Crippen LogP contribution in [0.25, 0.3) is 0 Å². The van der Waals surface area contributed by atoms with Crippen molar-refractivity contribution in [1.29, 1.82) is 0 Å². The minimum Gasteiger partial charge on any atom is -0.396 e. The molecule has 0 aromatic heterocycles. The Morgan fingerprint density at radius 2 is 1.85 bits per heavy atom. The summed E-state index contributed by atoms with van der Waals surface area (Å²) in [6, 6.07) is 3.53. The van der Waals surface area contributed by atoms with Crippen molar-refractivity contribution in [2.45, 2.75) is 32.8 Å². The SMILES string of the molecule is CC(C)(CCCO)CNCC(O)c1c(F)cccc1F. The minimum atomic E-state index is -1.22. The van der Waals surface area contributed by atoms with Crippen LogP contribution in [0.5, 0.6) is 0 Å². The molecule has 0 fully saturated rings. The van der Waals surface area contributed by atoms with Gasteiger partial charge in [-0.1, -0.05) is 19.9 Å². The average Bonchev–Trinajstić information content (AvgIpc) is 2.36. The van der Waals surface area contributed by atoms with Crippen molar-refractivity contribution in [3.8, 4) is 0 Å². The van der Waals surface area contributed by atoms with Gasteiger partial charge in [0.15, 0.2) is 0 Å². The first-order valence-electron chi connectivity index (χ1n) is 6.81. The smallest absolute Gasteiger partial charge is 0.131 e. The van der Waals surface area contributed by atoms with E-state index >= 15 is 0 Å². The van der Waals surface area contributed by atoms with Crippen LogP contribution in [-0.2, 0) is 0 Å². The van der Waals surface area contributed by atoms with Gasteiger partial charge >= 0.3 is 0 Å². The Labute approximate surface area is 118 Å². The molecule has 0 spiro atoms. The van der Waals surface area contributed by atoms with Crippen LogP contribution >= 0.6 is 0 Å². The maximum atomic E-state index is 13.5. The molecular weight excluding hydrogens is 264 g/mol. The lowest BCUT2D eigenvalue weighted by atomic mass is 9.88. The van der Waals surface area contributed by atoms with Gasteiger partial charge in [0.25, 0.3) is 0 Å². The molecule has 0 heterocycles. The number of aliphatic hydroxyl groups excluding tert-OH is 2. The Balaban J connectivity index is 2.50. The van der Waals surface area contributed by atoms with Crippen molar-refractivity contribution in [2.75, 3.05) is 19.7 Å². The monoisotopic (exact) mass is 287 g/mol. The standard InChI is InChI=1S/C15H23F2NO2/c1-15(2,7-4-8-19)10-18-9-13(20)14-11(16)5-3-6-12(14)17/h3,5-6,13,18-20H,4,7-10H2,1-2H3. The number of hydrogen-bond acceptors (Lipinski definition) is 3. The molecular formula is C15H23F2NO2. The summed E-state index contributed by atoms with van der Waals surface area (Å²) in [7, 11) is 0. The van der Waals surface area contributed by atoms with Crippen LogP contribution < -0.4 is 5.32 Å². The first kappa shape index (κ1) is 17.0. The van der Waals surface area contributed by atoms with Gasteiger partial charge in [0.1, 0.15) is 11.6 Å². The molecule has 1 aromatic carbocycles. The first-order chi connectivity index (χ1) is 9.37. The molecule has 1 aromatic rings. The van der Waals surface area contributed by atoms with E-state index in [-0.39, 0.29) is 24.1 Å². The van der Waals surface area contributed by atoms with E-state index in [0.29, 0.717) is 13.0 Å². The van der Waals surface area contributed by atoms with Crippen LogP contribution in [0.15, 0.2) is 18.2 Å². The van der Waals surface area contributed by atoms with E-state index in [2.05, 4.69) is 5.32 Å².